The van der Waals surface area contributed by atoms with Crippen molar-refractivity contribution in [1.82, 2.24) is 20.3 Å². The monoisotopic (exact) mass is 403 g/mol. The van der Waals surface area contributed by atoms with E-state index < -0.39 is 0 Å². The molecular weight excluding hydrogens is 378 g/mol. The van der Waals surface area contributed by atoms with Crippen molar-refractivity contribution in [1.29, 1.82) is 0 Å². The Morgan fingerprint density at radius 3 is 2.71 bits per heavy atom. The third-order valence-corrected chi connectivity index (χ3v) is 6.72. The Kier molecular flexibility index (Phi) is 5.45. The summed E-state index contributed by atoms with van der Waals surface area (Å²) in [5.41, 5.74) is 2.48. The molecule has 1 saturated heterocycles. The third-order valence-electron chi connectivity index (χ3n) is 5.80. The fourth-order valence-corrected chi connectivity index (χ4v) is 5.05. The number of fused-ring (bicyclic) bond motifs is 1. The highest BCUT2D eigenvalue weighted by Gasteiger charge is 2.43. The fraction of sp³-hybridized carbons (Fsp3) is 0.579. The summed E-state index contributed by atoms with van der Waals surface area (Å²) in [5, 5.41) is 3.19. The van der Waals surface area contributed by atoms with Gasteiger partial charge in [-0.3, -0.25) is 4.79 Å². The normalized spacial score (nSPS) is 26.8. The first-order chi connectivity index (χ1) is 13.6. The van der Waals surface area contributed by atoms with Gasteiger partial charge in [-0.15, -0.1) is 11.3 Å². The molecule has 2 aromatic heterocycles. The zero-order chi connectivity index (χ0) is 19.7. The number of anilines is 1. The number of ether oxygens (including phenoxy) is 2. The van der Waals surface area contributed by atoms with Gasteiger partial charge in [0.1, 0.15) is 4.88 Å². The van der Waals surface area contributed by atoms with E-state index in [0.717, 1.165) is 31.6 Å². The predicted molar refractivity (Wildman–Crippen MR) is 106 cm³/mol. The summed E-state index contributed by atoms with van der Waals surface area (Å²) in [5.74, 6) is 2.17. The van der Waals surface area contributed by atoms with Gasteiger partial charge in [0, 0.05) is 32.5 Å². The molecule has 2 fully saturated rings. The van der Waals surface area contributed by atoms with Gasteiger partial charge in [0.15, 0.2) is 0 Å². The topological polar surface area (TPSA) is 89.5 Å². The first-order valence-corrected chi connectivity index (χ1v) is 10.3. The first-order valence-electron chi connectivity index (χ1n) is 9.44. The van der Waals surface area contributed by atoms with Crippen LogP contribution in [0.15, 0.2) is 17.8 Å². The van der Waals surface area contributed by atoms with Gasteiger partial charge >= 0.3 is 0 Å². The lowest BCUT2D eigenvalue weighted by Gasteiger charge is -2.37. The van der Waals surface area contributed by atoms with Crippen LogP contribution in [0.25, 0.3) is 0 Å². The number of nitrogens with one attached hydrogen (secondary N) is 1. The molecule has 28 heavy (non-hydrogen) atoms. The lowest BCUT2D eigenvalue weighted by molar-refractivity contribution is 0.0126. The van der Waals surface area contributed by atoms with Crippen LogP contribution < -0.4 is 15.0 Å². The number of carbonyl (C=O) groups is 1. The second-order valence-corrected chi connectivity index (χ2v) is 8.27. The van der Waals surface area contributed by atoms with Crippen LogP contribution in [-0.2, 0) is 4.74 Å². The Morgan fingerprint density at radius 2 is 2.04 bits per heavy atom. The Hall–Kier alpha value is -2.26. The van der Waals surface area contributed by atoms with Gasteiger partial charge in [-0.1, -0.05) is 0 Å². The van der Waals surface area contributed by atoms with Gasteiger partial charge in [-0.2, -0.15) is 4.98 Å². The van der Waals surface area contributed by atoms with Gasteiger partial charge in [-0.05, 0) is 31.6 Å². The lowest BCUT2D eigenvalue weighted by atomic mass is 9.77. The number of hydrogen-bond acceptors (Lipinski definition) is 8. The summed E-state index contributed by atoms with van der Waals surface area (Å²) in [7, 11) is 3.33. The number of carbonyl (C=O) groups excluding carboxylic acids is 1. The fourth-order valence-electron chi connectivity index (χ4n) is 4.34. The van der Waals surface area contributed by atoms with Crippen LogP contribution in [0.4, 0.5) is 5.95 Å². The molecule has 1 aliphatic carbocycles. The third kappa shape index (κ3) is 3.68. The molecule has 0 aromatic carbocycles. The number of methoxy groups -OCH3 is 2. The Labute approximate surface area is 168 Å². The SMILES string of the molecule is COc1ccnc(N2C[C@H]3C[C@H](OC)[C@@H](NC(=O)c4scnc4C)C[C@H]3C2)n1. The van der Waals surface area contributed by atoms with Crippen LogP contribution in [0.5, 0.6) is 5.88 Å². The van der Waals surface area contributed by atoms with Gasteiger partial charge in [0.05, 0.1) is 30.5 Å². The number of thiazole rings is 1. The van der Waals surface area contributed by atoms with E-state index in [1.807, 2.05) is 6.92 Å². The van der Waals surface area contributed by atoms with Crippen LogP contribution in [0, 0.1) is 18.8 Å². The van der Waals surface area contributed by atoms with Gasteiger partial charge in [0.2, 0.25) is 11.8 Å². The van der Waals surface area contributed by atoms with E-state index in [9.17, 15) is 4.79 Å². The second kappa shape index (κ2) is 8.00. The molecule has 0 spiro atoms. The first kappa shape index (κ1) is 19.1. The zero-order valence-corrected chi connectivity index (χ0v) is 17.1. The van der Waals surface area contributed by atoms with Crippen LogP contribution in [0.3, 0.4) is 0 Å². The summed E-state index contributed by atoms with van der Waals surface area (Å²) in [4.78, 5) is 28.6. The molecule has 9 heteroatoms. The molecule has 1 N–H and O–H groups in total. The highest BCUT2D eigenvalue weighted by molar-refractivity contribution is 7.11. The molecule has 1 aliphatic heterocycles. The maximum absolute atomic E-state index is 12.7. The largest absolute Gasteiger partial charge is 0.481 e. The van der Waals surface area contributed by atoms with Gasteiger partial charge in [0.25, 0.3) is 5.91 Å². The Bertz CT molecular complexity index is 844. The molecule has 150 valence electrons. The quantitative estimate of drug-likeness (QED) is 0.816. The minimum atomic E-state index is -0.0588. The van der Waals surface area contributed by atoms with Crippen molar-refractivity contribution in [3.8, 4) is 5.88 Å². The molecule has 4 rings (SSSR count). The van der Waals surface area contributed by atoms with Gasteiger partial charge in [-0.25, -0.2) is 9.97 Å². The maximum atomic E-state index is 12.7. The number of amides is 1. The van der Waals surface area contributed by atoms with E-state index in [4.69, 9.17) is 9.47 Å². The summed E-state index contributed by atoms with van der Waals surface area (Å²) in [6, 6.07) is 1.74. The minimum Gasteiger partial charge on any atom is -0.481 e. The molecule has 1 amide bonds. The highest BCUT2D eigenvalue weighted by Crippen LogP contribution is 2.38. The van der Waals surface area contributed by atoms with E-state index in [1.54, 1.807) is 32.0 Å². The molecule has 4 atom stereocenters. The molecular formula is C19H25N5O3S. The average Bonchev–Trinajstić information content (AvgIpc) is 3.33. The molecule has 0 radical (unpaired) electrons. The molecule has 2 aliphatic rings. The summed E-state index contributed by atoms with van der Waals surface area (Å²) < 4.78 is 11.0. The molecule has 2 aromatic rings. The molecule has 8 nitrogen and oxygen atoms in total. The number of aryl methyl sites for hydroxylation is 1. The van der Waals surface area contributed by atoms with Crippen molar-refractivity contribution in [2.24, 2.45) is 11.8 Å². The minimum absolute atomic E-state index is 0.00426. The summed E-state index contributed by atoms with van der Waals surface area (Å²) >= 11 is 1.38. The van der Waals surface area contributed by atoms with E-state index in [1.165, 1.54) is 11.3 Å². The predicted octanol–water partition coefficient (Wildman–Crippen LogP) is 1.91. The van der Waals surface area contributed by atoms with Crippen LogP contribution >= 0.6 is 11.3 Å². The smallest absolute Gasteiger partial charge is 0.263 e. The molecule has 3 heterocycles. The van der Waals surface area contributed by atoms with Gasteiger partial charge < -0.3 is 19.7 Å². The Morgan fingerprint density at radius 1 is 1.25 bits per heavy atom. The lowest BCUT2D eigenvalue weighted by Crippen LogP contribution is -2.50. The highest BCUT2D eigenvalue weighted by atomic mass is 32.1. The van der Waals surface area contributed by atoms with Crippen molar-refractivity contribution < 1.29 is 14.3 Å². The maximum Gasteiger partial charge on any atom is 0.263 e. The van der Waals surface area contributed by atoms with Crippen molar-refractivity contribution in [3.05, 3.63) is 28.3 Å². The number of nitrogens with zero attached hydrogens (tertiary/aromatic N) is 4. The van der Waals surface area contributed by atoms with Crippen molar-refractivity contribution in [2.75, 3.05) is 32.2 Å². The molecule has 0 unspecified atom stereocenters. The van der Waals surface area contributed by atoms with Crippen LogP contribution in [-0.4, -0.2) is 60.3 Å². The van der Waals surface area contributed by atoms with E-state index >= 15 is 0 Å². The van der Waals surface area contributed by atoms with Crippen LogP contribution in [0.1, 0.15) is 28.2 Å². The molecule has 1 saturated carbocycles. The Balaban J connectivity index is 1.45. The number of aromatic nitrogens is 3. The van der Waals surface area contributed by atoms with Crippen molar-refractivity contribution in [2.45, 2.75) is 31.9 Å². The van der Waals surface area contributed by atoms with Crippen molar-refractivity contribution in [3.63, 3.8) is 0 Å². The summed E-state index contributed by atoms with van der Waals surface area (Å²) in [6.07, 6.45) is 3.52. The average molecular weight is 404 g/mol. The van der Waals surface area contributed by atoms with E-state index in [2.05, 4.69) is 25.2 Å². The second-order valence-electron chi connectivity index (χ2n) is 7.42. The summed E-state index contributed by atoms with van der Waals surface area (Å²) in [6.45, 7) is 3.63. The van der Waals surface area contributed by atoms with Crippen molar-refractivity contribution >= 4 is 23.2 Å². The van der Waals surface area contributed by atoms with E-state index in [0.29, 0.717) is 28.5 Å². The standard InChI is InChI=1S/C19H25N5O3S/c1-11-17(28-10-21-11)18(25)22-14-6-12-8-24(9-13(12)7-15(14)26-2)19-20-5-4-16(23-19)27-3/h4-5,10,12-15H,6-9H2,1-3H3,(H,22,25)/t12-,13+,14-,15-/m0/s1. The number of hydrogen-bond donors (Lipinski definition) is 1. The molecule has 0 bridgehead atoms. The van der Waals surface area contributed by atoms with E-state index in [-0.39, 0.29) is 18.1 Å². The number of rotatable bonds is 5. The zero-order valence-electron chi connectivity index (χ0n) is 16.3. The van der Waals surface area contributed by atoms with Crippen LogP contribution in [0.2, 0.25) is 0 Å².